The molecule has 0 rings (SSSR count). The molecule has 0 bridgehead atoms. The summed E-state index contributed by atoms with van der Waals surface area (Å²) in [6.45, 7) is 0. The molecule has 11 heavy (non-hydrogen) atoms. The fourth-order valence-electron chi connectivity index (χ4n) is 0.593. The molecule has 0 saturated carbocycles. The number of methoxy groups -OCH3 is 1. The zero-order valence-electron chi connectivity index (χ0n) is 6.81. The molecule has 0 spiro atoms. The predicted octanol–water partition coefficient (Wildman–Crippen LogP) is 2.31. The second-order valence-corrected chi connectivity index (χ2v) is 2.86. The van der Waals surface area contributed by atoms with Crippen LogP contribution in [0.3, 0.4) is 0 Å². The maximum atomic E-state index is 10.5. The van der Waals surface area contributed by atoms with Crippen molar-refractivity contribution in [1.82, 2.24) is 0 Å². The van der Waals surface area contributed by atoms with E-state index < -0.39 is 0 Å². The summed E-state index contributed by atoms with van der Waals surface area (Å²) in [6, 6.07) is 0. The number of esters is 1. The van der Waals surface area contributed by atoms with Crippen molar-refractivity contribution in [2.75, 3.05) is 7.11 Å². The molecule has 0 unspecified atom stereocenters. The van der Waals surface area contributed by atoms with Crippen LogP contribution in [0.15, 0.2) is 0 Å². The molecule has 0 fully saturated rings. The maximum absolute atomic E-state index is 10.5. The van der Waals surface area contributed by atoms with Crippen molar-refractivity contribution < 1.29 is 29.0 Å². The largest absolute Gasteiger partial charge is 0.469 e. The van der Waals surface area contributed by atoms with Gasteiger partial charge in [-0.15, -0.1) is 0 Å². The minimum atomic E-state index is -0.103. The fourth-order valence-corrected chi connectivity index (χ4v) is 1.03. The van der Waals surface area contributed by atoms with Gasteiger partial charge in [-0.3, -0.25) is 9.22 Å². The first-order valence-corrected chi connectivity index (χ1v) is 4.54. The van der Waals surface area contributed by atoms with Gasteiger partial charge in [-0.05, 0) is 6.42 Å². The number of unbranched alkanes of at least 4 members (excludes halogenated alkanes) is 2. The second kappa shape index (κ2) is 10.8. The summed E-state index contributed by atoms with van der Waals surface area (Å²) >= 11 is 2.21. The number of ether oxygens (including phenoxy) is 1. The van der Waals surface area contributed by atoms with Gasteiger partial charge in [0.05, 0.1) is 7.11 Å². The zero-order valence-corrected chi connectivity index (χ0v) is 11.9. The third-order valence-corrected chi connectivity index (χ3v) is 1.79. The zero-order chi connectivity index (χ0) is 7.82. The first kappa shape index (κ1) is 14.4. The Morgan fingerprint density at radius 3 is 2.64 bits per heavy atom. The standard InChI is InChI=1S/C7H12IO2.Zn/c1-10-7(9)5-3-2-4-6-8;/h6H,2-5H2,1H3;/q-1;. The minimum Gasteiger partial charge on any atom is -0.469 e. The van der Waals surface area contributed by atoms with E-state index in [1.165, 1.54) is 7.11 Å². The Morgan fingerprint density at radius 2 is 2.18 bits per heavy atom. The second-order valence-electron chi connectivity index (χ2n) is 1.98. The molecule has 0 saturated heterocycles. The Morgan fingerprint density at radius 1 is 1.55 bits per heavy atom. The summed E-state index contributed by atoms with van der Waals surface area (Å²) in [7, 11) is 1.42. The Labute approximate surface area is 94.3 Å². The van der Waals surface area contributed by atoms with E-state index in [0.29, 0.717) is 6.42 Å². The van der Waals surface area contributed by atoms with Crippen LogP contribution in [0.4, 0.5) is 0 Å². The van der Waals surface area contributed by atoms with Gasteiger partial charge in [0, 0.05) is 25.9 Å². The monoisotopic (exact) mass is 319 g/mol. The average Bonchev–Trinajstić information content (AvgIpc) is 1.98. The predicted molar refractivity (Wildman–Crippen MR) is 48.8 cm³/mol. The van der Waals surface area contributed by atoms with Crippen molar-refractivity contribution in [2.24, 2.45) is 0 Å². The summed E-state index contributed by atoms with van der Waals surface area (Å²) in [5.41, 5.74) is 0. The van der Waals surface area contributed by atoms with Gasteiger partial charge in [-0.2, -0.15) is 6.42 Å². The molecule has 0 atom stereocenters. The number of rotatable bonds is 5. The van der Waals surface area contributed by atoms with Crippen LogP contribution in [0, 0.1) is 4.43 Å². The van der Waals surface area contributed by atoms with E-state index in [1.54, 1.807) is 0 Å². The van der Waals surface area contributed by atoms with E-state index in [0.717, 1.165) is 19.3 Å². The smallest absolute Gasteiger partial charge is 0.305 e. The van der Waals surface area contributed by atoms with Crippen molar-refractivity contribution in [3.8, 4) is 0 Å². The summed E-state index contributed by atoms with van der Waals surface area (Å²) in [4.78, 5) is 10.5. The quantitative estimate of drug-likeness (QED) is 0.255. The van der Waals surface area contributed by atoms with Crippen molar-refractivity contribution >= 4 is 28.6 Å². The molecule has 4 heteroatoms. The molecule has 0 heterocycles. The number of hydrogen-bond acceptors (Lipinski definition) is 2. The SMILES string of the molecule is COC(=O)CCCC[CH-]I.[Zn]. The minimum absolute atomic E-state index is 0. The van der Waals surface area contributed by atoms with Gasteiger partial charge < -0.3 is 27.3 Å². The Balaban J connectivity index is 0. The molecule has 0 aliphatic heterocycles. The van der Waals surface area contributed by atoms with Crippen LogP contribution in [-0.2, 0) is 29.0 Å². The van der Waals surface area contributed by atoms with Crippen LogP contribution >= 0.6 is 22.6 Å². The number of halogens is 1. The van der Waals surface area contributed by atoms with Crippen molar-refractivity contribution in [3.05, 3.63) is 4.43 Å². The van der Waals surface area contributed by atoms with Crippen molar-refractivity contribution in [1.29, 1.82) is 0 Å². The number of hydrogen-bond donors (Lipinski definition) is 0. The molecular formula is C7H12IO2Zn-. The molecule has 2 nitrogen and oxygen atoms in total. The third kappa shape index (κ3) is 10.8. The van der Waals surface area contributed by atoms with Crippen LogP contribution in [0.5, 0.6) is 0 Å². The van der Waals surface area contributed by atoms with E-state index in [2.05, 4.69) is 31.8 Å². The van der Waals surface area contributed by atoms with Crippen LogP contribution in [0.1, 0.15) is 25.7 Å². The summed E-state index contributed by atoms with van der Waals surface area (Å²) < 4.78 is 6.56. The number of carbonyl (C=O) groups is 1. The third-order valence-electron chi connectivity index (χ3n) is 1.17. The first-order valence-electron chi connectivity index (χ1n) is 3.30. The Hall–Kier alpha value is 0.823. The van der Waals surface area contributed by atoms with Gasteiger partial charge in [0.1, 0.15) is 0 Å². The summed E-state index contributed by atoms with van der Waals surface area (Å²) in [6.07, 6.45) is 3.66. The molecule has 0 aliphatic carbocycles. The van der Waals surface area contributed by atoms with Gasteiger partial charge in [-0.1, -0.05) is 6.42 Å². The molecule has 0 radical (unpaired) electrons. The molecule has 62 valence electrons. The molecular weight excluding hydrogens is 308 g/mol. The van der Waals surface area contributed by atoms with E-state index >= 15 is 0 Å². The van der Waals surface area contributed by atoms with Crippen LogP contribution < -0.4 is 0 Å². The summed E-state index contributed by atoms with van der Waals surface area (Å²) in [5.74, 6) is -0.103. The summed E-state index contributed by atoms with van der Waals surface area (Å²) in [5, 5.41) is 0. The van der Waals surface area contributed by atoms with E-state index in [9.17, 15) is 4.79 Å². The van der Waals surface area contributed by atoms with Crippen LogP contribution in [0.2, 0.25) is 0 Å². The van der Waals surface area contributed by atoms with Gasteiger partial charge in [0.2, 0.25) is 0 Å². The van der Waals surface area contributed by atoms with Gasteiger partial charge in [0.25, 0.3) is 0 Å². The molecule has 0 aromatic rings. The topological polar surface area (TPSA) is 26.3 Å². The Bertz CT molecular complexity index is 98.4. The molecule has 0 amide bonds. The van der Waals surface area contributed by atoms with Gasteiger partial charge >= 0.3 is 5.97 Å². The van der Waals surface area contributed by atoms with Crippen LogP contribution in [-0.4, -0.2) is 13.1 Å². The molecule has 0 aromatic carbocycles. The van der Waals surface area contributed by atoms with Crippen LogP contribution in [0.25, 0.3) is 0 Å². The normalized spacial score (nSPS) is 8.55. The molecule has 0 aromatic heterocycles. The van der Waals surface area contributed by atoms with Crippen molar-refractivity contribution in [2.45, 2.75) is 25.7 Å². The van der Waals surface area contributed by atoms with E-state index in [-0.39, 0.29) is 25.4 Å². The molecule has 0 N–H and O–H groups in total. The average molecular weight is 320 g/mol. The van der Waals surface area contributed by atoms with Crippen molar-refractivity contribution in [3.63, 3.8) is 0 Å². The van der Waals surface area contributed by atoms with Gasteiger partial charge in [0.15, 0.2) is 0 Å². The van der Waals surface area contributed by atoms with E-state index in [4.69, 9.17) is 0 Å². The first-order chi connectivity index (χ1) is 4.81. The Kier molecular flexibility index (Phi) is 14.1. The fraction of sp³-hybridized carbons (Fsp3) is 0.714. The number of carbonyl (C=O) groups excluding carboxylic acids is 1. The van der Waals surface area contributed by atoms with Gasteiger partial charge in [-0.25, -0.2) is 0 Å². The molecule has 0 aliphatic rings. The maximum Gasteiger partial charge on any atom is 0.305 e. The van der Waals surface area contributed by atoms with E-state index in [1.807, 2.05) is 0 Å².